The molecule has 0 aromatic heterocycles. The van der Waals surface area contributed by atoms with Gasteiger partial charge in [-0.05, 0) is 25.8 Å². The van der Waals surface area contributed by atoms with Crippen LogP contribution in [0.25, 0.3) is 0 Å². The molecule has 0 saturated carbocycles. The Morgan fingerprint density at radius 2 is 2.20 bits per heavy atom. The molecule has 0 aliphatic rings. The van der Waals surface area contributed by atoms with Gasteiger partial charge in [0.1, 0.15) is 0 Å². The van der Waals surface area contributed by atoms with E-state index in [1.165, 1.54) is 0 Å². The van der Waals surface area contributed by atoms with E-state index in [4.69, 9.17) is 0 Å². The van der Waals surface area contributed by atoms with Crippen molar-refractivity contribution in [3.63, 3.8) is 0 Å². The lowest BCUT2D eigenvalue weighted by Gasteiger charge is -2.03. The molecule has 0 fully saturated rings. The lowest BCUT2D eigenvalue weighted by molar-refractivity contribution is -0.114. The van der Waals surface area contributed by atoms with Crippen molar-refractivity contribution in [2.45, 2.75) is 32.0 Å². The molecule has 1 nitrogen and oxygen atoms in total. The van der Waals surface area contributed by atoms with Crippen LogP contribution in [-0.4, -0.2) is 10.6 Å². The van der Waals surface area contributed by atoms with Crippen LogP contribution in [0.1, 0.15) is 27.2 Å². The zero-order valence-corrected chi connectivity index (χ0v) is 8.23. The smallest absolute Gasteiger partial charge is 0.171 e. The molecule has 0 N–H and O–H groups in total. The van der Waals surface area contributed by atoms with Crippen LogP contribution in [0, 0.1) is 0 Å². The van der Waals surface area contributed by atoms with Crippen molar-refractivity contribution >= 4 is 21.7 Å². The molecule has 0 spiro atoms. The second-order valence-corrected chi connectivity index (χ2v) is 3.52. The van der Waals surface area contributed by atoms with Crippen molar-refractivity contribution in [1.29, 1.82) is 0 Å². The average molecular weight is 205 g/mol. The molecule has 0 aromatic rings. The summed E-state index contributed by atoms with van der Waals surface area (Å²) in [6, 6.07) is 0. The van der Waals surface area contributed by atoms with Gasteiger partial charge in [0.05, 0.1) is 4.83 Å². The highest BCUT2D eigenvalue weighted by atomic mass is 79.9. The molecule has 0 aliphatic carbocycles. The third kappa shape index (κ3) is 2.65. The molecule has 2 heteroatoms. The van der Waals surface area contributed by atoms with E-state index in [1.807, 2.05) is 26.8 Å². The Morgan fingerprint density at radius 1 is 1.70 bits per heavy atom. The van der Waals surface area contributed by atoms with Crippen molar-refractivity contribution in [3.05, 3.63) is 11.6 Å². The van der Waals surface area contributed by atoms with Gasteiger partial charge in [0, 0.05) is 0 Å². The monoisotopic (exact) mass is 204 g/mol. The first-order valence-corrected chi connectivity index (χ1v) is 4.38. The van der Waals surface area contributed by atoms with Gasteiger partial charge in [-0.2, -0.15) is 0 Å². The summed E-state index contributed by atoms with van der Waals surface area (Å²) in [6.45, 7) is 5.73. The summed E-state index contributed by atoms with van der Waals surface area (Å²) in [5.41, 5.74) is 0.907. The fraction of sp³-hybridized carbons (Fsp3) is 0.625. The quantitative estimate of drug-likeness (QED) is 0.511. The molecule has 58 valence electrons. The van der Waals surface area contributed by atoms with Gasteiger partial charge in [-0.1, -0.05) is 28.9 Å². The second kappa shape index (κ2) is 4.67. The Bertz CT molecular complexity index is 147. The highest BCUT2D eigenvalue weighted by molar-refractivity contribution is 9.10. The van der Waals surface area contributed by atoms with Crippen LogP contribution in [0.4, 0.5) is 0 Å². The molecule has 0 aliphatic heterocycles. The summed E-state index contributed by atoms with van der Waals surface area (Å²) in [5.74, 6) is 0.199. The minimum Gasteiger partial charge on any atom is -0.293 e. The summed E-state index contributed by atoms with van der Waals surface area (Å²) in [6.07, 6.45) is 2.70. The van der Waals surface area contributed by atoms with Crippen molar-refractivity contribution in [3.8, 4) is 0 Å². The molecule has 0 bridgehead atoms. The van der Waals surface area contributed by atoms with E-state index in [-0.39, 0.29) is 10.6 Å². The third-order valence-corrected chi connectivity index (χ3v) is 1.82. The minimum absolute atomic E-state index is 0.0429. The van der Waals surface area contributed by atoms with Crippen LogP contribution in [0.3, 0.4) is 0 Å². The van der Waals surface area contributed by atoms with Crippen LogP contribution < -0.4 is 0 Å². The molecule has 10 heavy (non-hydrogen) atoms. The molecule has 0 rings (SSSR count). The first kappa shape index (κ1) is 9.89. The molecule has 0 aromatic carbocycles. The molecule has 0 heterocycles. The fourth-order valence-corrected chi connectivity index (χ4v) is 1.07. The molecular formula is C8H13BrO. The van der Waals surface area contributed by atoms with E-state index >= 15 is 0 Å². The molecule has 0 radical (unpaired) electrons. The van der Waals surface area contributed by atoms with E-state index < -0.39 is 0 Å². The number of carbonyl (C=O) groups excluding carboxylic acids is 1. The number of ketones is 1. The SMILES string of the molecule is CC=C(CC)C(=O)C(C)Br. The maximum absolute atomic E-state index is 11.2. The lowest BCUT2D eigenvalue weighted by Crippen LogP contribution is -2.11. The van der Waals surface area contributed by atoms with E-state index in [0.29, 0.717) is 0 Å². The molecule has 1 atom stereocenters. The number of hydrogen-bond donors (Lipinski definition) is 0. The zero-order chi connectivity index (χ0) is 8.15. The van der Waals surface area contributed by atoms with Crippen molar-refractivity contribution < 1.29 is 4.79 Å². The number of rotatable bonds is 3. The number of allylic oxidation sites excluding steroid dienone is 2. The fourth-order valence-electron chi connectivity index (χ4n) is 0.776. The van der Waals surface area contributed by atoms with Gasteiger partial charge in [0.25, 0.3) is 0 Å². The Kier molecular flexibility index (Phi) is 4.62. The topological polar surface area (TPSA) is 17.1 Å². The predicted molar refractivity (Wildman–Crippen MR) is 47.4 cm³/mol. The second-order valence-electron chi connectivity index (χ2n) is 2.15. The van der Waals surface area contributed by atoms with Gasteiger partial charge >= 0.3 is 0 Å². The van der Waals surface area contributed by atoms with Gasteiger partial charge in [-0.15, -0.1) is 0 Å². The van der Waals surface area contributed by atoms with Crippen LogP contribution in [0.2, 0.25) is 0 Å². The van der Waals surface area contributed by atoms with E-state index in [0.717, 1.165) is 12.0 Å². The Balaban J connectivity index is 4.18. The number of halogens is 1. The normalized spacial score (nSPS) is 15.0. The summed E-state index contributed by atoms with van der Waals surface area (Å²) >= 11 is 3.23. The van der Waals surface area contributed by atoms with E-state index in [2.05, 4.69) is 15.9 Å². The molecular weight excluding hydrogens is 192 g/mol. The van der Waals surface area contributed by atoms with E-state index in [1.54, 1.807) is 0 Å². The lowest BCUT2D eigenvalue weighted by atomic mass is 10.1. The largest absolute Gasteiger partial charge is 0.293 e. The maximum Gasteiger partial charge on any atom is 0.171 e. The predicted octanol–water partition coefficient (Wildman–Crippen LogP) is 2.70. The van der Waals surface area contributed by atoms with Gasteiger partial charge in [-0.25, -0.2) is 0 Å². The van der Waals surface area contributed by atoms with Crippen LogP contribution in [-0.2, 0) is 4.79 Å². The molecule has 1 unspecified atom stereocenters. The summed E-state index contributed by atoms with van der Waals surface area (Å²) in [5, 5.41) is 0. The number of Topliss-reactive ketones (excluding diaryl/α,β-unsaturated/α-hetero) is 1. The Morgan fingerprint density at radius 3 is 2.30 bits per heavy atom. The summed E-state index contributed by atoms with van der Waals surface area (Å²) in [4.78, 5) is 11.1. The zero-order valence-electron chi connectivity index (χ0n) is 6.65. The van der Waals surface area contributed by atoms with Gasteiger partial charge in [0.15, 0.2) is 5.78 Å². The number of carbonyl (C=O) groups is 1. The third-order valence-electron chi connectivity index (χ3n) is 1.41. The van der Waals surface area contributed by atoms with Crippen molar-refractivity contribution in [1.82, 2.24) is 0 Å². The Labute approximate surface area is 70.6 Å². The number of alkyl halides is 1. The van der Waals surface area contributed by atoms with Crippen LogP contribution in [0.5, 0.6) is 0 Å². The highest BCUT2D eigenvalue weighted by Crippen LogP contribution is 2.10. The average Bonchev–Trinajstić information content (AvgIpc) is 1.90. The standard InChI is InChI=1S/C8H13BrO/c1-4-7(5-2)8(10)6(3)9/h4,6H,5H2,1-3H3. The first-order valence-electron chi connectivity index (χ1n) is 3.47. The molecule has 0 amide bonds. The summed E-state index contributed by atoms with van der Waals surface area (Å²) in [7, 11) is 0. The Hall–Kier alpha value is -0.110. The van der Waals surface area contributed by atoms with Gasteiger partial charge in [0.2, 0.25) is 0 Å². The number of hydrogen-bond acceptors (Lipinski definition) is 1. The van der Waals surface area contributed by atoms with Gasteiger partial charge in [-0.3, -0.25) is 4.79 Å². The first-order chi connectivity index (χ1) is 4.63. The maximum atomic E-state index is 11.2. The van der Waals surface area contributed by atoms with Crippen molar-refractivity contribution in [2.24, 2.45) is 0 Å². The highest BCUT2D eigenvalue weighted by Gasteiger charge is 2.11. The van der Waals surface area contributed by atoms with Crippen LogP contribution in [0.15, 0.2) is 11.6 Å². The summed E-state index contributed by atoms with van der Waals surface area (Å²) < 4.78 is 0. The van der Waals surface area contributed by atoms with E-state index in [9.17, 15) is 4.79 Å². The van der Waals surface area contributed by atoms with Gasteiger partial charge < -0.3 is 0 Å². The van der Waals surface area contributed by atoms with Crippen molar-refractivity contribution in [2.75, 3.05) is 0 Å². The minimum atomic E-state index is -0.0429. The van der Waals surface area contributed by atoms with Crippen LogP contribution >= 0.6 is 15.9 Å². The molecule has 0 saturated heterocycles.